The van der Waals surface area contributed by atoms with Gasteiger partial charge in [-0.25, -0.2) is 17.6 Å². The highest BCUT2D eigenvalue weighted by atomic mass is 19.2. The van der Waals surface area contributed by atoms with Crippen molar-refractivity contribution in [1.29, 1.82) is 0 Å². The van der Waals surface area contributed by atoms with E-state index in [2.05, 4.69) is 0 Å². The monoisotopic (exact) mass is 544 g/mol. The van der Waals surface area contributed by atoms with Gasteiger partial charge in [-0.05, 0) is 86.3 Å². The van der Waals surface area contributed by atoms with Crippen molar-refractivity contribution in [3.05, 3.63) is 94.3 Å². The molecule has 4 rings (SSSR count). The first-order chi connectivity index (χ1) is 18.7. The Kier molecular flexibility index (Phi) is 9.44. The van der Waals surface area contributed by atoms with Gasteiger partial charge in [0.05, 0.1) is 12.7 Å². The van der Waals surface area contributed by atoms with E-state index in [1.165, 1.54) is 30.3 Å². The van der Waals surface area contributed by atoms with Crippen molar-refractivity contribution in [3.8, 4) is 16.9 Å². The summed E-state index contributed by atoms with van der Waals surface area (Å²) < 4.78 is 78.0. The lowest BCUT2D eigenvalue weighted by atomic mass is 9.83. The summed E-state index contributed by atoms with van der Waals surface area (Å²) in [6, 6.07) is 10.1. The van der Waals surface area contributed by atoms with Crippen LogP contribution in [0.15, 0.2) is 48.5 Å². The molecule has 2 atom stereocenters. The first-order valence-corrected chi connectivity index (χ1v) is 13.5. The predicted octanol–water partition coefficient (Wildman–Crippen LogP) is 9.10. The lowest BCUT2D eigenvalue weighted by molar-refractivity contribution is 0.160. The molecule has 0 spiro atoms. The largest absolute Gasteiger partial charge is 0.491 e. The van der Waals surface area contributed by atoms with E-state index in [0.717, 1.165) is 18.4 Å². The molecule has 1 aliphatic carbocycles. The second-order valence-corrected chi connectivity index (χ2v) is 10.0. The lowest BCUT2D eigenvalue weighted by Gasteiger charge is -2.23. The lowest BCUT2D eigenvalue weighted by Crippen LogP contribution is -2.09. The van der Waals surface area contributed by atoms with E-state index in [0.29, 0.717) is 43.2 Å². The average molecular weight is 545 g/mol. The van der Waals surface area contributed by atoms with Crippen molar-refractivity contribution < 1.29 is 31.8 Å². The Bertz CT molecular complexity index is 1350. The zero-order valence-corrected chi connectivity index (χ0v) is 22.2. The number of rotatable bonds is 10. The summed E-state index contributed by atoms with van der Waals surface area (Å²) in [4.78, 5) is 0. The van der Waals surface area contributed by atoms with Crippen molar-refractivity contribution in [1.82, 2.24) is 0 Å². The molecule has 39 heavy (non-hydrogen) atoms. The van der Waals surface area contributed by atoms with E-state index >= 15 is 0 Å². The van der Waals surface area contributed by atoms with Crippen molar-refractivity contribution >= 4 is 5.57 Å². The molecule has 1 aliphatic rings. The van der Waals surface area contributed by atoms with Gasteiger partial charge < -0.3 is 9.84 Å². The van der Waals surface area contributed by atoms with Gasteiger partial charge in [0.15, 0.2) is 23.2 Å². The summed E-state index contributed by atoms with van der Waals surface area (Å²) >= 11 is 0. The summed E-state index contributed by atoms with van der Waals surface area (Å²) in [5, 5.41) is 10.0. The minimum atomic E-state index is -1.16. The van der Waals surface area contributed by atoms with Crippen LogP contribution < -0.4 is 4.74 Å². The number of allylic oxidation sites excluding steroid dienone is 2. The number of hydrogen-bond donors (Lipinski definition) is 1. The quantitative estimate of drug-likeness (QED) is 0.258. The topological polar surface area (TPSA) is 29.5 Å². The molecule has 0 saturated heterocycles. The van der Waals surface area contributed by atoms with Crippen molar-refractivity contribution in [3.63, 3.8) is 0 Å². The molecule has 0 heterocycles. The zero-order chi connectivity index (χ0) is 28.1. The Hall–Kier alpha value is -3.19. The molecule has 0 fully saturated rings. The van der Waals surface area contributed by atoms with E-state index in [-0.39, 0.29) is 35.0 Å². The first kappa shape index (κ1) is 28.8. The number of halogens is 5. The van der Waals surface area contributed by atoms with Crippen LogP contribution in [-0.2, 0) is 6.42 Å². The second-order valence-electron chi connectivity index (χ2n) is 10.0. The van der Waals surface area contributed by atoms with Crippen LogP contribution in [0.1, 0.15) is 75.2 Å². The number of aryl methyl sites for hydroxylation is 1. The highest BCUT2D eigenvalue weighted by Crippen LogP contribution is 2.36. The van der Waals surface area contributed by atoms with Crippen LogP contribution in [0.5, 0.6) is 5.75 Å². The van der Waals surface area contributed by atoms with Gasteiger partial charge in [0.1, 0.15) is 5.82 Å². The van der Waals surface area contributed by atoms with E-state index in [1.54, 1.807) is 19.1 Å². The first-order valence-electron chi connectivity index (χ1n) is 13.5. The highest BCUT2D eigenvalue weighted by Gasteiger charge is 2.22. The van der Waals surface area contributed by atoms with E-state index in [9.17, 15) is 27.1 Å². The van der Waals surface area contributed by atoms with Gasteiger partial charge in [-0.15, -0.1) is 0 Å². The van der Waals surface area contributed by atoms with Crippen LogP contribution in [0.4, 0.5) is 22.0 Å². The number of aliphatic hydroxyl groups excluding tert-OH is 1. The fourth-order valence-electron chi connectivity index (χ4n) is 5.20. The maximum absolute atomic E-state index is 15.0. The van der Waals surface area contributed by atoms with Crippen molar-refractivity contribution in [2.75, 3.05) is 6.61 Å². The highest BCUT2D eigenvalue weighted by molar-refractivity contribution is 5.72. The molecule has 2 nitrogen and oxygen atoms in total. The van der Waals surface area contributed by atoms with Gasteiger partial charge in [-0.1, -0.05) is 43.7 Å². The number of hydrogen-bond acceptors (Lipinski definition) is 2. The van der Waals surface area contributed by atoms with E-state index in [4.69, 9.17) is 4.74 Å². The molecule has 0 aromatic heterocycles. The van der Waals surface area contributed by atoms with E-state index < -0.39 is 35.2 Å². The summed E-state index contributed by atoms with van der Waals surface area (Å²) in [5.41, 5.74) is 1.73. The van der Waals surface area contributed by atoms with Crippen molar-refractivity contribution in [2.24, 2.45) is 5.92 Å². The Morgan fingerprint density at radius 1 is 0.897 bits per heavy atom. The average Bonchev–Trinajstić information content (AvgIpc) is 2.93. The smallest absolute Gasteiger partial charge is 0.201 e. The van der Waals surface area contributed by atoms with Crippen LogP contribution in [0.3, 0.4) is 0 Å². The molecule has 2 unspecified atom stereocenters. The van der Waals surface area contributed by atoms with Crippen LogP contribution in [0.25, 0.3) is 16.7 Å². The Morgan fingerprint density at radius 3 is 2.33 bits per heavy atom. The molecule has 3 aromatic carbocycles. The van der Waals surface area contributed by atoms with Gasteiger partial charge in [0.2, 0.25) is 5.82 Å². The van der Waals surface area contributed by atoms with Crippen LogP contribution in [0, 0.1) is 35.0 Å². The summed E-state index contributed by atoms with van der Waals surface area (Å²) in [5.74, 6) is -4.77. The summed E-state index contributed by atoms with van der Waals surface area (Å²) in [6.45, 7) is 3.71. The van der Waals surface area contributed by atoms with E-state index in [1.807, 2.05) is 13.0 Å². The summed E-state index contributed by atoms with van der Waals surface area (Å²) in [6.07, 6.45) is 5.33. The fourth-order valence-corrected chi connectivity index (χ4v) is 5.20. The molecule has 0 saturated carbocycles. The van der Waals surface area contributed by atoms with Gasteiger partial charge in [-0.3, -0.25) is 0 Å². The molecule has 0 amide bonds. The predicted molar refractivity (Wildman–Crippen MR) is 143 cm³/mol. The Morgan fingerprint density at radius 2 is 1.67 bits per heavy atom. The summed E-state index contributed by atoms with van der Waals surface area (Å²) in [7, 11) is 0. The molecule has 208 valence electrons. The number of aliphatic hydroxyl groups is 1. The molecule has 0 aliphatic heterocycles. The Labute approximate surface area is 226 Å². The molecular formula is C32H33F5O2. The van der Waals surface area contributed by atoms with Crippen LogP contribution >= 0.6 is 0 Å². The maximum atomic E-state index is 15.0. The van der Waals surface area contributed by atoms with Gasteiger partial charge in [0, 0.05) is 16.7 Å². The molecule has 3 aromatic rings. The third-order valence-corrected chi connectivity index (χ3v) is 7.43. The van der Waals surface area contributed by atoms with Crippen LogP contribution in [0.2, 0.25) is 0 Å². The SMILES string of the molecule is CCCC(O)c1ccc(CCC2CC=C(c3ccc(-c4ccc(OCC)c(F)c4F)c(F)c3)CC2)c(F)c1F. The maximum Gasteiger partial charge on any atom is 0.201 e. The molecule has 0 bridgehead atoms. The number of ether oxygens (including phenoxy) is 1. The third-order valence-electron chi connectivity index (χ3n) is 7.43. The normalized spacial score (nSPS) is 16.2. The second kappa shape index (κ2) is 12.8. The van der Waals surface area contributed by atoms with Gasteiger partial charge in [0.25, 0.3) is 0 Å². The molecule has 7 heteroatoms. The zero-order valence-electron chi connectivity index (χ0n) is 22.2. The molecule has 0 radical (unpaired) electrons. The van der Waals surface area contributed by atoms with Crippen molar-refractivity contribution in [2.45, 2.75) is 64.9 Å². The van der Waals surface area contributed by atoms with Gasteiger partial charge in [-0.2, -0.15) is 4.39 Å². The molecule has 1 N–H and O–H groups in total. The number of benzene rings is 3. The minimum absolute atomic E-state index is 0.00279. The van der Waals surface area contributed by atoms with Crippen LogP contribution in [-0.4, -0.2) is 11.7 Å². The minimum Gasteiger partial charge on any atom is -0.491 e. The Balaban J connectivity index is 1.41. The fraction of sp³-hybridized carbons (Fsp3) is 0.375. The third kappa shape index (κ3) is 6.35. The standard InChI is InChI=1S/C32H33F5O2/c1-3-5-27(38)25-15-12-21(29(34)31(25)36)11-8-19-6-9-20(10-7-19)22-13-14-23(26(33)18-22)24-16-17-28(39-4-2)32(37)30(24)35/h9,12-19,27,38H,3-8,10-11H2,1-2H3. The molecular weight excluding hydrogens is 511 g/mol. The van der Waals surface area contributed by atoms with Gasteiger partial charge >= 0.3 is 0 Å².